The number of hydrogen-bond acceptors (Lipinski definition) is 3. The summed E-state index contributed by atoms with van der Waals surface area (Å²) in [6.07, 6.45) is 1.01. The van der Waals surface area contributed by atoms with Gasteiger partial charge in [-0.2, -0.15) is 0 Å². The number of nitrogens with two attached hydrogens (primary N) is 1. The first kappa shape index (κ1) is 12.5. The summed E-state index contributed by atoms with van der Waals surface area (Å²) >= 11 is 6.21. The first-order valence-electron chi connectivity index (χ1n) is 5.99. The van der Waals surface area contributed by atoms with Gasteiger partial charge in [-0.25, -0.2) is 0 Å². The predicted molar refractivity (Wildman–Crippen MR) is 75.3 cm³/mol. The highest BCUT2D eigenvalue weighted by Crippen LogP contribution is 2.39. The van der Waals surface area contributed by atoms with E-state index < -0.39 is 0 Å². The van der Waals surface area contributed by atoms with Crippen LogP contribution < -0.4 is 15.5 Å². The van der Waals surface area contributed by atoms with E-state index in [2.05, 4.69) is 36.9 Å². The van der Waals surface area contributed by atoms with Crippen molar-refractivity contribution in [1.29, 1.82) is 0 Å². The minimum atomic E-state index is 0.467. The van der Waals surface area contributed by atoms with Crippen LogP contribution in [0.4, 0.5) is 11.4 Å². The van der Waals surface area contributed by atoms with Gasteiger partial charge in [0.1, 0.15) is 0 Å². The Kier molecular flexibility index (Phi) is 3.50. The number of fused-ring (bicyclic) bond motifs is 1. The molecule has 0 saturated carbocycles. The minimum Gasteiger partial charge on any atom is -0.371 e. The molecule has 0 bridgehead atoms. The van der Waals surface area contributed by atoms with Crippen LogP contribution in [0.3, 0.4) is 0 Å². The molecule has 0 fully saturated rings. The molecule has 1 aliphatic rings. The van der Waals surface area contributed by atoms with Crippen LogP contribution in [0.15, 0.2) is 12.1 Å². The van der Waals surface area contributed by atoms with Gasteiger partial charge in [0.2, 0.25) is 0 Å². The van der Waals surface area contributed by atoms with Crippen molar-refractivity contribution < 1.29 is 0 Å². The van der Waals surface area contributed by atoms with Crippen LogP contribution >= 0.6 is 11.6 Å². The number of anilines is 2. The highest BCUT2D eigenvalue weighted by atomic mass is 35.5. The van der Waals surface area contributed by atoms with Gasteiger partial charge in [0.05, 0.1) is 11.4 Å². The maximum Gasteiger partial charge on any atom is 0.0649 e. The Morgan fingerprint density at radius 2 is 2.12 bits per heavy atom. The van der Waals surface area contributed by atoms with Crippen molar-refractivity contribution in [3.05, 3.63) is 22.7 Å². The molecule has 1 aliphatic heterocycles. The lowest BCUT2D eigenvalue weighted by Crippen LogP contribution is -2.47. The molecule has 0 aliphatic carbocycles. The van der Waals surface area contributed by atoms with Crippen molar-refractivity contribution in [3.63, 3.8) is 0 Å². The Bertz CT molecular complexity index is 419. The highest BCUT2D eigenvalue weighted by molar-refractivity contribution is 6.32. The third-order valence-electron chi connectivity index (χ3n) is 3.64. The lowest BCUT2D eigenvalue weighted by molar-refractivity contribution is 0.566. The zero-order chi connectivity index (χ0) is 12.6. The molecule has 1 atom stereocenters. The van der Waals surface area contributed by atoms with Gasteiger partial charge in [0, 0.05) is 31.7 Å². The minimum absolute atomic E-state index is 0.467. The molecule has 0 radical (unpaired) electrons. The van der Waals surface area contributed by atoms with Crippen LogP contribution in [-0.4, -0.2) is 33.2 Å². The van der Waals surface area contributed by atoms with Crippen LogP contribution in [0.25, 0.3) is 0 Å². The monoisotopic (exact) mass is 253 g/mol. The van der Waals surface area contributed by atoms with Crippen molar-refractivity contribution in [3.8, 4) is 0 Å². The van der Waals surface area contributed by atoms with Crippen LogP contribution in [-0.2, 0) is 0 Å². The normalized spacial score (nSPS) is 19.5. The fourth-order valence-electron chi connectivity index (χ4n) is 2.61. The Labute approximate surface area is 108 Å². The molecular weight excluding hydrogens is 234 g/mol. The van der Waals surface area contributed by atoms with Gasteiger partial charge in [0.15, 0.2) is 0 Å². The number of hydrogen-bond donors (Lipinski definition) is 1. The lowest BCUT2D eigenvalue weighted by atomic mass is 10.0. The summed E-state index contributed by atoms with van der Waals surface area (Å²) in [5.41, 5.74) is 9.33. The maximum absolute atomic E-state index is 6.21. The molecule has 2 N–H and O–H groups in total. The van der Waals surface area contributed by atoms with Crippen molar-refractivity contribution in [2.45, 2.75) is 19.4 Å². The van der Waals surface area contributed by atoms with E-state index in [1.807, 2.05) is 6.07 Å². The summed E-state index contributed by atoms with van der Waals surface area (Å²) in [5, 5.41) is 0.831. The second kappa shape index (κ2) is 4.75. The van der Waals surface area contributed by atoms with E-state index in [1.54, 1.807) is 0 Å². The lowest BCUT2D eigenvalue weighted by Gasteiger charge is -2.42. The van der Waals surface area contributed by atoms with Gasteiger partial charge < -0.3 is 15.5 Å². The number of rotatable bonds is 2. The average Bonchev–Trinajstić information content (AvgIpc) is 2.29. The summed E-state index contributed by atoms with van der Waals surface area (Å²) in [6, 6.07) is 4.54. The molecule has 94 valence electrons. The molecule has 4 heteroatoms. The number of nitrogens with zero attached hydrogens (tertiary/aromatic N) is 2. The molecule has 0 spiro atoms. The molecular formula is C13H20ClN3. The van der Waals surface area contributed by atoms with Crippen molar-refractivity contribution in [1.82, 2.24) is 0 Å². The molecule has 1 aromatic rings. The van der Waals surface area contributed by atoms with Gasteiger partial charge in [-0.1, -0.05) is 11.6 Å². The Hall–Kier alpha value is -0.930. The van der Waals surface area contributed by atoms with Crippen LogP contribution in [0.5, 0.6) is 0 Å². The summed E-state index contributed by atoms with van der Waals surface area (Å²) < 4.78 is 0. The fraction of sp³-hybridized carbons (Fsp3) is 0.538. The molecule has 1 aromatic carbocycles. The van der Waals surface area contributed by atoms with E-state index in [4.69, 9.17) is 17.3 Å². The van der Waals surface area contributed by atoms with Gasteiger partial charge in [0.25, 0.3) is 0 Å². The summed E-state index contributed by atoms with van der Waals surface area (Å²) in [5.74, 6) is 0. The zero-order valence-corrected chi connectivity index (χ0v) is 11.5. The van der Waals surface area contributed by atoms with Gasteiger partial charge in [-0.15, -0.1) is 0 Å². The van der Waals surface area contributed by atoms with Crippen LogP contribution in [0.1, 0.15) is 12.0 Å². The number of likely N-dealkylation sites (N-methyl/N-ethyl adjacent to an activating group) is 2. The predicted octanol–water partition coefficient (Wildman–Crippen LogP) is 2.25. The number of halogens is 1. The van der Waals surface area contributed by atoms with E-state index in [9.17, 15) is 0 Å². The number of benzene rings is 1. The van der Waals surface area contributed by atoms with Gasteiger partial charge in [-0.05, 0) is 37.6 Å². The second-order valence-electron chi connectivity index (χ2n) is 4.76. The van der Waals surface area contributed by atoms with E-state index >= 15 is 0 Å². The topological polar surface area (TPSA) is 32.5 Å². The largest absolute Gasteiger partial charge is 0.371 e. The molecule has 0 saturated heterocycles. The smallest absolute Gasteiger partial charge is 0.0649 e. The van der Waals surface area contributed by atoms with Crippen LogP contribution in [0.2, 0.25) is 5.02 Å². The molecule has 2 rings (SSSR count). The van der Waals surface area contributed by atoms with Crippen molar-refractivity contribution in [2.75, 3.05) is 37.0 Å². The Morgan fingerprint density at radius 1 is 1.41 bits per heavy atom. The quantitative estimate of drug-likeness (QED) is 0.878. The van der Waals surface area contributed by atoms with Crippen molar-refractivity contribution in [2.24, 2.45) is 5.73 Å². The first-order valence-corrected chi connectivity index (χ1v) is 6.37. The highest BCUT2D eigenvalue weighted by Gasteiger charge is 2.27. The van der Waals surface area contributed by atoms with E-state index in [0.717, 1.165) is 30.1 Å². The third-order valence-corrected chi connectivity index (χ3v) is 4.05. The standard InChI is InChI=1S/C13H20ClN3/c1-9-11(14)4-5-12-13(9)17(3)10(6-7-15)8-16(12)2/h4-5,10H,6-8,15H2,1-3H3. The average molecular weight is 254 g/mol. The SMILES string of the molecule is Cc1c(Cl)ccc2c1N(C)C(CCN)CN2C. The second-order valence-corrected chi connectivity index (χ2v) is 5.17. The maximum atomic E-state index is 6.21. The van der Waals surface area contributed by atoms with E-state index in [0.29, 0.717) is 6.04 Å². The zero-order valence-electron chi connectivity index (χ0n) is 10.7. The molecule has 0 amide bonds. The fourth-order valence-corrected chi connectivity index (χ4v) is 2.76. The van der Waals surface area contributed by atoms with Gasteiger partial charge in [-0.3, -0.25) is 0 Å². The molecule has 0 aromatic heterocycles. The third kappa shape index (κ3) is 2.09. The Morgan fingerprint density at radius 3 is 2.76 bits per heavy atom. The molecule has 1 heterocycles. The van der Waals surface area contributed by atoms with Gasteiger partial charge >= 0.3 is 0 Å². The molecule has 3 nitrogen and oxygen atoms in total. The summed E-state index contributed by atoms with van der Waals surface area (Å²) in [7, 11) is 4.26. The molecule has 1 unspecified atom stereocenters. The summed E-state index contributed by atoms with van der Waals surface area (Å²) in [6.45, 7) is 3.82. The molecule has 17 heavy (non-hydrogen) atoms. The first-order chi connectivity index (χ1) is 8.06. The van der Waals surface area contributed by atoms with E-state index in [1.165, 1.54) is 11.4 Å². The van der Waals surface area contributed by atoms with E-state index in [-0.39, 0.29) is 0 Å². The summed E-state index contributed by atoms with van der Waals surface area (Å²) in [4.78, 5) is 4.61. The Balaban J connectivity index is 2.46. The van der Waals surface area contributed by atoms with Crippen molar-refractivity contribution >= 4 is 23.0 Å². The van der Waals surface area contributed by atoms with Crippen LogP contribution in [0, 0.1) is 6.92 Å².